The SMILES string of the molecule is COC(=O)C(O)C(C)Cc1ccc(OC)c(OC)c1. The average molecular weight is 268 g/mol. The third kappa shape index (κ3) is 3.86. The van der Waals surface area contributed by atoms with Crippen LogP contribution in [-0.2, 0) is 16.0 Å². The van der Waals surface area contributed by atoms with Crippen LogP contribution in [0, 0.1) is 5.92 Å². The summed E-state index contributed by atoms with van der Waals surface area (Å²) in [4.78, 5) is 11.3. The second kappa shape index (κ2) is 6.99. The molecule has 0 radical (unpaired) electrons. The summed E-state index contributed by atoms with van der Waals surface area (Å²) in [5.41, 5.74) is 0.952. The number of aliphatic hydroxyl groups excluding tert-OH is 1. The summed E-state index contributed by atoms with van der Waals surface area (Å²) >= 11 is 0. The Kier molecular flexibility index (Phi) is 5.63. The van der Waals surface area contributed by atoms with Gasteiger partial charge >= 0.3 is 5.97 Å². The Labute approximate surface area is 113 Å². The van der Waals surface area contributed by atoms with Crippen molar-refractivity contribution in [1.29, 1.82) is 0 Å². The van der Waals surface area contributed by atoms with Crippen molar-refractivity contribution in [1.82, 2.24) is 0 Å². The number of rotatable bonds is 6. The van der Waals surface area contributed by atoms with Gasteiger partial charge < -0.3 is 19.3 Å². The second-order valence-corrected chi connectivity index (χ2v) is 4.34. The number of methoxy groups -OCH3 is 3. The number of esters is 1. The van der Waals surface area contributed by atoms with Crippen LogP contribution in [0.3, 0.4) is 0 Å². The zero-order valence-electron chi connectivity index (χ0n) is 11.7. The first-order valence-electron chi connectivity index (χ1n) is 6.00. The Balaban J connectivity index is 2.79. The molecule has 0 fully saturated rings. The molecule has 0 aliphatic heterocycles. The van der Waals surface area contributed by atoms with Crippen molar-refractivity contribution in [3.8, 4) is 11.5 Å². The summed E-state index contributed by atoms with van der Waals surface area (Å²) in [6, 6.07) is 5.51. The van der Waals surface area contributed by atoms with Gasteiger partial charge in [-0.2, -0.15) is 0 Å². The van der Waals surface area contributed by atoms with Gasteiger partial charge in [0.05, 0.1) is 21.3 Å². The normalized spacial score (nSPS) is 13.5. The van der Waals surface area contributed by atoms with E-state index in [-0.39, 0.29) is 5.92 Å². The van der Waals surface area contributed by atoms with Gasteiger partial charge in [-0.25, -0.2) is 4.79 Å². The van der Waals surface area contributed by atoms with Gasteiger partial charge in [0, 0.05) is 0 Å². The largest absolute Gasteiger partial charge is 0.493 e. The summed E-state index contributed by atoms with van der Waals surface area (Å²) in [5.74, 6) is 0.408. The van der Waals surface area contributed by atoms with Crippen LogP contribution in [0.2, 0.25) is 0 Å². The van der Waals surface area contributed by atoms with Gasteiger partial charge in [-0.3, -0.25) is 0 Å². The zero-order valence-corrected chi connectivity index (χ0v) is 11.7. The molecule has 1 N–H and O–H groups in total. The molecule has 0 aromatic heterocycles. The molecular weight excluding hydrogens is 248 g/mol. The minimum absolute atomic E-state index is 0.245. The number of carbonyl (C=O) groups excluding carboxylic acids is 1. The first kappa shape index (κ1) is 15.3. The second-order valence-electron chi connectivity index (χ2n) is 4.34. The highest BCUT2D eigenvalue weighted by atomic mass is 16.5. The maximum absolute atomic E-state index is 11.3. The first-order chi connectivity index (χ1) is 9.03. The molecule has 1 aromatic rings. The van der Waals surface area contributed by atoms with Crippen molar-refractivity contribution in [2.45, 2.75) is 19.4 Å². The standard InChI is InChI=1S/C14H20O5/c1-9(13(15)14(16)19-4)7-10-5-6-11(17-2)12(8-10)18-3/h5-6,8-9,13,15H,7H2,1-4H3. The van der Waals surface area contributed by atoms with Crippen LogP contribution in [0.25, 0.3) is 0 Å². The van der Waals surface area contributed by atoms with Crippen LogP contribution < -0.4 is 9.47 Å². The topological polar surface area (TPSA) is 65.0 Å². The highest BCUT2D eigenvalue weighted by molar-refractivity contribution is 5.74. The molecule has 0 heterocycles. The van der Waals surface area contributed by atoms with Gasteiger partial charge in [0.25, 0.3) is 0 Å². The fourth-order valence-electron chi connectivity index (χ4n) is 1.84. The van der Waals surface area contributed by atoms with Gasteiger partial charge in [0.2, 0.25) is 0 Å². The molecule has 5 heteroatoms. The fourth-order valence-corrected chi connectivity index (χ4v) is 1.84. The molecule has 2 unspecified atom stereocenters. The van der Waals surface area contributed by atoms with E-state index >= 15 is 0 Å². The van der Waals surface area contributed by atoms with E-state index in [0.717, 1.165) is 5.56 Å². The van der Waals surface area contributed by atoms with Gasteiger partial charge in [0.15, 0.2) is 17.6 Å². The summed E-state index contributed by atoms with van der Waals surface area (Å²) in [6.45, 7) is 1.79. The summed E-state index contributed by atoms with van der Waals surface area (Å²) in [6.07, 6.45) is -0.588. The Morgan fingerprint density at radius 3 is 2.37 bits per heavy atom. The Hall–Kier alpha value is -1.75. The maximum atomic E-state index is 11.3. The van der Waals surface area contributed by atoms with Crippen molar-refractivity contribution in [2.24, 2.45) is 5.92 Å². The van der Waals surface area contributed by atoms with Crippen molar-refractivity contribution < 1.29 is 24.1 Å². The summed E-state index contributed by atoms with van der Waals surface area (Å²) < 4.78 is 14.9. The van der Waals surface area contributed by atoms with E-state index in [0.29, 0.717) is 17.9 Å². The molecule has 1 rings (SSSR count). The van der Waals surface area contributed by atoms with E-state index in [9.17, 15) is 9.90 Å². The molecule has 5 nitrogen and oxygen atoms in total. The molecule has 0 spiro atoms. The third-order valence-corrected chi connectivity index (χ3v) is 2.99. The third-order valence-electron chi connectivity index (χ3n) is 2.99. The lowest BCUT2D eigenvalue weighted by Gasteiger charge is -2.17. The molecule has 2 atom stereocenters. The van der Waals surface area contributed by atoms with E-state index in [2.05, 4.69) is 4.74 Å². The first-order valence-corrected chi connectivity index (χ1v) is 6.00. The Bertz CT molecular complexity index is 430. The number of hydrogen-bond donors (Lipinski definition) is 1. The molecule has 106 valence electrons. The van der Waals surface area contributed by atoms with Crippen LogP contribution in [-0.4, -0.2) is 38.5 Å². The maximum Gasteiger partial charge on any atom is 0.334 e. The smallest absolute Gasteiger partial charge is 0.334 e. The van der Waals surface area contributed by atoms with Crippen molar-refractivity contribution in [2.75, 3.05) is 21.3 Å². The summed E-state index contributed by atoms with van der Waals surface area (Å²) in [5, 5.41) is 9.74. The van der Waals surface area contributed by atoms with Gasteiger partial charge in [-0.15, -0.1) is 0 Å². The molecule has 0 aliphatic rings. The van der Waals surface area contributed by atoms with E-state index in [1.807, 2.05) is 12.1 Å². The molecular formula is C14H20O5. The molecule has 1 aromatic carbocycles. The van der Waals surface area contributed by atoms with Gasteiger partial charge in [-0.05, 0) is 30.0 Å². The zero-order chi connectivity index (χ0) is 14.4. The van der Waals surface area contributed by atoms with Crippen LogP contribution in [0.1, 0.15) is 12.5 Å². The predicted octanol–water partition coefficient (Wildman–Crippen LogP) is 1.42. The van der Waals surface area contributed by atoms with Crippen LogP contribution >= 0.6 is 0 Å². The Morgan fingerprint density at radius 1 is 1.21 bits per heavy atom. The average Bonchev–Trinajstić information content (AvgIpc) is 2.45. The van der Waals surface area contributed by atoms with Crippen molar-refractivity contribution >= 4 is 5.97 Å². The van der Waals surface area contributed by atoms with Gasteiger partial charge in [0.1, 0.15) is 0 Å². The van der Waals surface area contributed by atoms with Crippen molar-refractivity contribution in [3.05, 3.63) is 23.8 Å². The van der Waals surface area contributed by atoms with Crippen molar-refractivity contribution in [3.63, 3.8) is 0 Å². The van der Waals surface area contributed by atoms with Gasteiger partial charge in [-0.1, -0.05) is 13.0 Å². The van der Waals surface area contributed by atoms with E-state index in [1.54, 1.807) is 27.2 Å². The quantitative estimate of drug-likeness (QED) is 0.790. The number of ether oxygens (including phenoxy) is 3. The minimum Gasteiger partial charge on any atom is -0.493 e. The number of benzene rings is 1. The fraction of sp³-hybridized carbons (Fsp3) is 0.500. The molecule has 0 saturated carbocycles. The predicted molar refractivity (Wildman–Crippen MR) is 70.4 cm³/mol. The van der Waals surface area contributed by atoms with E-state index < -0.39 is 12.1 Å². The van der Waals surface area contributed by atoms with E-state index in [4.69, 9.17) is 9.47 Å². The van der Waals surface area contributed by atoms with Crippen LogP contribution in [0.5, 0.6) is 11.5 Å². The lowest BCUT2D eigenvalue weighted by molar-refractivity contribution is -0.153. The molecule has 19 heavy (non-hydrogen) atoms. The number of carbonyl (C=O) groups is 1. The molecule has 0 saturated heterocycles. The van der Waals surface area contributed by atoms with E-state index in [1.165, 1.54) is 7.11 Å². The lowest BCUT2D eigenvalue weighted by Crippen LogP contribution is -2.30. The number of hydrogen-bond acceptors (Lipinski definition) is 5. The lowest BCUT2D eigenvalue weighted by atomic mass is 9.95. The summed E-state index contributed by atoms with van der Waals surface area (Å²) in [7, 11) is 4.39. The van der Waals surface area contributed by atoms with Crippen LogP contribution in [0.4, 0.5) is 0 Å². The Morgan fingerprint density at radius 2 is 1.84 bits per heavy atom. The van der Waals surface area contributed by atoms with Crippen LogP contribution in [0.15, 0.2) is 18.2 Å². The molecule has 0 aliphatic carbocycles. The highest BCUT2D eigenvalue weighted by Gasteiger charge is 2.23. The molecule has 0 bridgehead atoms. The minimum atomic E-state index is -1.13. The number of aliphatic hydroxyl groups is 1. The highest BCUT2D eigenvalue weighted by Crippen LogP contribution is 2.28. The monoisotopic (exact) mass is 268 g/mol. The molecule has 0 amide bonds.